The van der Waals surface area contributed by atoms with E-state index in [0.717, 1.165) is 74.7 Å². The summed E-state index contributed by atoms with van der Waals surface area (Å²) >= 11 is 9.67. The summed E-state index contributed by atoms with van der Waals surface area (Å²) in [5, 5.41) is -0.706. The number of ether oxygens (including phenoxy) is 12. The summed E-state index contributed by atoms with van der Waals surface area (Å²) in [7, 11) is 0. The van der Waals surface area contributed by atoms with Crippen LogP contribution in [0.4, 0.5) is 0 Å². The van der Waals surface area contributed by atoms with Gasteiger partial charge in [0.05, 0.1) is 68.1 Å². The van der Waals surface area contributed by atoms with Gasteiger partial charge in [0.15, 0.2) is 0 Å². The highest BCUT2D eigenvalue weighted by Crippen LogP contribution is 2.22. The summed E-state index contributed by atoms with van der Waals surface area (Å²) in [6.45, 7) is 27.2. The van der Waals surface area contributed by atoms with Crippen LogP contribution in [0.5, 0.6) is 0 Å². The van der Waals surface area contributed by atoms with Crippen LogP contribution in [-0.4, -0.2) is 311 Å². The maximum absolute atomic E-state index is 13.3. The van der Waals surface area contributed by atoms with Crippen molar-refractivity contribution in [2.24, 2.45) is 29.6 Å². The van der Waals surface area contributed by atoms with Crippen LogP contribution in [0.3, 0.4) is 0 Å². The predicted molar refractivity (Wildman–Crippen MR) is 524 cm³/mol. The second-order valence-electron chi connectivity index (χ2n) is 32.9. The van der Waals surface area contributed by atoms with E-state index in [1.54, 1.807) is 65.8 Å². The minimum atomic E-state index is -0.706. The molecule has 28 nitrogen and oxygen atoms in total. The number of thioether (sulfide) groups is 6. The van der Waals surface area contributed by atoms with Crippen molar-refractivity contribution in [3.8, 4) is 0 Å². The molecule has 0 saturated carbocycles. The number of hydrogen-bond acceptors (Lipinski definition) is 34. The van der Waals surface area contributed by atoms with Crippen molar-refractivity contribution in [3.63, 3.8) is 0 Å². The van der Waals surface area contributed by atoms with Crippen molar-refractivity contribution in [1.82, 2.24) is 19.6 Å². The summed E-state index contributed by atoms with van der Waals surface area (Å²) in [6, 6.07) is 0. The first-order valence-electron chi connectivity index (χ1n) is 48.7. The van der Waals surface area contributed by atoms with Gasteiger partial charge in [-0.25, -0.2) is 0 Å². The molecule has 0 fully saturated rings. The lowest BCUT2D eigenvalue weighted by Gasteiger charge is -2.24. The lowest BCUT2D eigenvalue weighted by molar-refractivity contribution is -0.154. The third-order valence-electron chi connectivity index (χ3n) is 21.0. The van der Waals surface area contributed by atoms with Crippen LogP contribution in [0.1, 0.15) is 282 Å². The number of unbranched alkanes of at least 4 members (excludes halogenated alkanes) is 20. The van der Waals surface area contributed by atoms with E-state index in [0.29, 0.717) is 47.6 Å². The standard InChI is InChI=1S/C95H172N4O24S6/c1-13-19-23-27-31-35-67-124-72-78(7)90(106)118-61-56-113-86(102)42-50-98(51-43-87(103)114-57-62-119-91(107)79(8)73-125-68-36-32-28-24-20-14-2)54-71-128-76-82(11)94(110)122-63-55-112-84(100)40-48-97(47-39-46-96(17-5)18-6)49-41-85(101)117-60-66-123-95(111)83(12)129-77-99(52-44-88(104)115-58-64-120-92(108)80(9)74-126-69-37-33-29-25-21-15-3)53-45-89(105)116-59-65-121-93(109)81(10)75-127-70-38-34-30-26-22-16-4/h78-83H,13-77H2,1-12H3. The molecule has 0 aromatic carbocycles. The highest BCUT2D eigenvalue weighted by molar-refractivity contribution is 8.00. The number of hydrogen-bond donors (Lipinski definition) is 0. The number of rotatable bonds is 92. The van der Waals surface area contributed by atoms with Gasteiger partial charge in [-0.3, -0.25) is 62.4 Å². The molecular weight excluding hydrogens is 1770 g/mol. The Morgan fingerprint density at radius 2 is 0.426 bits per heavy atom. The fourth-order valence-corrected chi connectivity index (χ4v) is 18.8. The highest BCUT2D eigenvalue weighted by atomic mass is 32.2. The molecule has 6 atom stereocenters. The molecule has 0 heterocycles. The van der Waals surface area contributed by atoms with Crippen LogP contribution in [0, 0.1) is 29.6 Å². The molecule has 34 heteroatoms. The minimum absolute atomic E-state index is 0.00541. The summed E-state index contributed by atoms with van der Waals surface area (Å²) in [4.78, 5) is 163. The van der Waals surface area contributed by atoms with Crippen LogP contribution in [0.15, 0.2) is 0 Å². The Kier molecular flexibility index (Phi) is 85.8. The Balaban J connectivity index is 5.45. The predicted octanol–water partition coefficient (Wildman–Crippen LogP) is 16.9. The van der Waals surface area contributed by atoms with Crippen LogP contribution in [-0.2, 0) is 114 Å². The van der Waals surface area contributed by atoms with Crippen molar-refractivity contribution in [3.05, 3.63) is 0 Å². The van der Waals surface area contributed by atoms with Gasteiger partial charge in [0.2, 0.25) is 0 Å². The molecule has 0 bridgehead atoms. The van der Waals surface area contributed by atoms with Crippen molar-refractivity contribution < 1.29 is 114 Å². The minimum Gasteiger partial charge on any atom is -0.462 e. The molecule has 6 unspecified atom stereocenters. The SMILES string of the molecule is CCCCCCCCSCC(C)C(=O)OCCOC(=O)CCN(CCSCC(C)C(=O)OCCOC(=O)CCN(CCCN(CC)CC)CCC(=O)OCCOC(=O)C(C)SCN(CCC(=O)OCCOC(=O)C(C)CSCCCCCCCC)CCC(=O)OCCOC(=O)C(C)CSCCCCCCCC)CCC(=O)OCCOC(=O)C(C)CSCCCCCCCC. The first kappa shape index (κ1) is 125. The molecule has 0 aromatic rings. The monoisotopic (exact) mass is 1950 g/mol. The largest absolute Gasteiger partial charge is 0.462 e. The maximum atomic E-state index is 13.3. The van der Waals surface area contributed by atoms with Gasteiger partial charge in [-0.2, -0.15) is 58.8 Å². The van der Waals surface area contributed by atoms with E-state index in [9.17, 15) is 57.5 Å². The average molecular weight is 1950 g/mol. The maximum Gasteiger partial charge on any atom is 0.318 e. The fourth-order valence-electron chi connectivity index (χ4n) is 12.6. The third-order valence-corrected chi connectivity index (χ3v) is 28.7. The second-order valence-corrected chi connectivity index (χ2v) is 39.9. The molecule has 129 heavy (non-hydrogen) atoms. The molecule has 0 amide bonds. The molecule has 0 saturated heterocycles. The quantitative estimate of drug-likeness (QED) is 0.0236. The van der Waals surface area contributed by atoms with Crippen LogP contribution in [0.25, 0.3) is 0 Å². The Labute approximate surface area is 802 Å². The molecule has 0 radical (unpaired) electrons. The van der Waals surface area contributed by atoms with Gasteiger partial charge in [-0.05, 0) is 88.2 Å². The van der Waals surface area contributed by atoms with E-state index in [-0.39, 0.29) is 211 Å². The molecule has 0 rings (SSSR count). The van der Waals surface area contributed by atoms with Gasteiger partial charge >= 0.3 is 71.6 Å². The number of carbonyl (C=O) groups excluding carboxylic acids is 12. The topological polar surface area (TPSA) is 329 Å². The Bertz CT molecular complexity index is 2760. The number of nitrogens with zero attached hydrogens (tertiary/aromatic N) is 4. The summed E-state index contributed by atoms with van der Waals surface area (Å²) in [5.74, 6) is 0.511. The summed E-state index contributed by atoms with van der Waals surface area (Å²) < 4.78 is 65.2. The highest BCUT2D eigenvalue weighted by Gasteiger charge is 2.25. The number of carbonyl (C=O) groups is 12. The zero-order valence-electron chi connectivity index (χ0n) is 81.5. The van der Waals surface area contributed by atoms with E-state index in [4.69, 9.17) is 56.8 Å². The van der Waals surface area contributed by atoms with Gasteiger partial charge in [0.1, 0.15) is 84.5 Å². The third kappa shape index (κ3) is 77.4. The lowest BCUT2D eigenvalue weighted by Crippen LogP contribution is -2.33. The van der Waals surface area contributed by atoms with Crippen molar-refractivity contribution >= 4 is 142 Å². The van der Waals surface area contributed by atoms with Crippen LogP contribution in [0.2, 0.25) is 0 Å². The summed E-state index contributed by atoms with van der Waals surface area (Å²) in [5.41, 5.74) is 0. The molecule has 0 aliphatic carbocycles. The molecule has 0 aromatic heterocycles. The van der Waals surface area contributed by atoms with Crippen LogP contribution >= 0.6 is 70.6 Å². The molecule has 0 aliphatic rings. The van der Waals surface area contributed by atoms with Crippen molar-refractivity contribution in [2.75, 3.05) is 215 Å². The average Bonchev–Trinajstić information content (AvgIpc) is 0.956. The van der Waals surface area contributed by atoms with Gasteiger partial charge in [0, 0.05) is 86.2 Å². The van der Waals surface area contributed by atoms with E-state index in [2.05, 4.69) is 46.4 Å². The first-order chi connectivity index (χ1) is 62.3. The van der Waals surface area contributed by atoms with E-state index >= 15 is 0 Å². The number of esters is 12. The Hall–Kier alpha value is -4.42. The lowest BCUT2D eigenvalue weighted by atomic mass is 10.1. The van der Waals surface area contributed by atoms with E-state index in [1.165, 1.54) is 152 Å². The summed E-state index contributed by atoms with van der Waals surface area (Å²) in [6.07, 6.45) is 29.7. The first-order valence-corrected chi connectivity index (χ1v) is 55.5. The molecule has 0 N–H and O–H groups in total. The molecular formula is C95H172N4O24S6. The van der Waals surface area contributed by atoms with Gasteiger partial charge < -0.3 is 71.5 Å². The molecule has 0 spiro atoms. The molecule has 752 valence electrons. The van der Waals surface area contributed by atoms with Gasteiger partial charge in [-0.1, -0.05) is 205 Å². The zero-order chi connectivity index (χ0) is 95.4. The Morgan fingerprint density at radius 1 is 0.217 bits per heavy atom. The van der Waals surface area contributed by atoms with Crippen LogP contribution < -0.4 is 0 Å². The van der Waals surface area contributed by atoms with Crippen molar-refractivity contribution in [1.29, 1.82) is 0 Å². The van der Waals surface area contributed by atoms with Crippen molar-refractivity contribution in [2.45, 2.75) is 287 Å². The normalized spacial score (nSPS) is 12.8. The second kappa shape index (κ2) is 88.8. The smallest absolute Gasteiger partial charge is 0.318 e. The van der Waals surface area contributed by atoms with E-state index < -0.39 is 58.9 Å². The van der Waals surface area contributed by atoms with E-state index in [1.807, 2.05) is 37.5 Å². The van der Waals surface area contributed by atoms with Gasteiger partial charge in [0.25, 0.3) is 0 Å². The van der Waals surface area contributed by atoms with Gasteiger partial charge in [-0.15, -0.1) is 11.8 Å². The fraction of sp³-hybridized carbons (Fsp3) is 0.874. The Morgan fingerprint density at radius 3 is 0.682 bits per heavy atom. The molecule has 0 aliphatic heterocycles. The zero-order valence-corrected chi connectivity index (χ0v) is 86.4.